The van der Waals surface area contributed by atoms with E-state index in [1.807, 2.05) is 24.4 Å². The monoisotopic (exact) mass is 343 g/mol. The summed E-state index contributed by atoms with van der Waals surface area (Å²) in [4.78, 5) is 4.59. The van der Waals surface area contributed by atoms with Gasteiger partial charge in [-0.15, -0.1) is 0 Å². The Morgan fingerprint density at radius 2 is 1.48 bits per heavy atom. The van der Waals surface area contributed by atoms with Crippen molar-refractivity contribution >= 4 is 54.3 Å². The lowest BCUT2D eigenvalue weighted by atomic mass is 9.88. The number of benzene rings is 5. The van der Waals surface area contributed by atoms with E-state index in [0.717, 1.165) is 22.4 Å². The number of rotatable bonds is 1. The van der Waals surface area contributed by atoms with Gasteiger partial charge in [0, 0.05) is 27.9 Å². The molecule has 0 unspecified atom stereocenters. The summed E-state index contributed by atoms with van der Waals surface area (Å²) in [6.45, 7) is 0. The molecule has 2 nitrogen and oxygen atoms in total. The molecule has 5 aromatic carbocycles. The van der Waals surface area contributed by atoms with Gasteiger partial charge < -0.3 is 4.42 Å². The highest BCUT2D eigenvalue weighted by molar-refractivity contribution is 6.40. The van der Waals surface area contributed by atoms with Gasteiger partial charge >= 0.3 is 0 Å². The molecule has 2 aromatic heterocycles. The molecule has 0 spiro atoms. The molecular weight excluding hydrogens is 330 g/mol. The fraction of sp³-hybridized carbons (Fsp3) is 0. The van der Waals surface area contributed by atoms with Crippen LogP contribution in [0.25, 0.3) is 65.5 Å². The van der Waals surface area contributed by atoms with Gasteiger partial charge in [-0.2, -0.15) is 0 Å². The fourth-order valence-electron chi connectivity index (χ4n) is 4.74. The van der Waals surface area contributed by atoms with Gasteiger partial charge in [-0.05, 0) is 51.2 Å². The lowest BCUT2D eigenvalue weighted by Gasteiger charge is -2.14. The number of aromatic nitrogens is 1. The molecule has 0 fully saturated rings. The van der Waals surface area contributed by atoms with Gasteiger partial charge in [-0.1, -0.05) is 48.5 Å². The van der Waals surface area contributed by atoms with Gasteiger partial charge in [0.1, 0.15) is 11.2 Å². The molecule has 0 saturated carbocycles. The quantitative estimate of drug-likeness (QED) is 0.237. The Bertz CT molecular complexity index is 1610. The molecule has 0 bridgehead atoms. The molecule has 2 heterocycles. The second-order valence-corrected chi connectivity index (χ2v) is 7.19. The molecule has 0 atom stereocenters. The summed E-state index contributed by atoms with van der Waals surface area (Å²) < 4.78 is 6.43. The molecule has 0 amide bonds. The molecule has 2 heteroatoms. The van der Waals surface area contributed by atoms with Crippen molar-refractivity contribution in [2.75, 3.05) is 0 Å². The lowest BCUT2D eigenvalue weighted by molar-refractivity contribution is 0.670. The summed E-state index contributed by atoms with van der Waals surface area (Å²) >= 11 is 0. The van der Waals surface area contributed by atoms with E-state index in [1.54, 1.807) is 0 Å². The predicted octanol–water partition coefficient (Wildman–Crippen LogP) is 6.98. The first-order valence-corrected chi connectivity index (χ1v) is 9.15. The first-order valence-electron chi connectivity index (χ1n) is 9.15. The maximum Gasteiger partial charge on any atom is 0.145 e. The van der Waals surface area contributed by atoms with E-state index in [9.17, 15) is 0 Å². The van der Waals surface area contributed by atoms with Crippen molar-refractivity contribution in [1.82, 2.24) is 4.98 Å². The van der Waals surface area contributed by atoms with Crippen LogP contribution in [0.3, 0.4) is 0 Å². The highest BCUT2D eigenvalue weighted by Crippen LogP contribution is 2.48. The van der Waals surface area contributed by atoms with Gasteiger partial charge in [0.15, 0.2) is 0 Å². The van der Waals surface area contributed by atoms with E-state index in [4.69, 9.17) is 4.42 Å². The molecule has 0 radical (unpaired) electrons. The minimum absolute atomic E-state index is 0.936. The number of fused-ring (bicyclic) bond motifs is 1. The molecule has 0 aliphatic rings. The fourth-order valence-corrected chi connectivity index (χ4v) is 4.74. The molecule has 0 aliphatic heterocycles. The van der Waals surface area contributed by atoms with Crippen LogP contribution in [0.4, 0.5) is 0 Å². The number of nitrogens with zero attached hydrogens (tertiary/aromatic N) is 1. The Morgan fingerprint density at radius 1 is 0.630 bits per heavy atom. The van der Waals surface area contributed by atoms with E-state index in [2.05, 4.69) is 59.6 Å². The second kappa shape index (κ2) is 4.54. The smallest absolute Gasteiger partial charge is 0.145 e. The second-order valence-electron chi connectivity index (χ2n) is 7.19. The number of hydrogen-bond acceptors (Lipinski definition) is 2. The summed E-state index contributed by atoms with van der Waals surface area (Å²) in [7, 11) is 0. The van der Waals surface area contributed by atoms with Gasteiger partial charge in [0.2, 0.25) is 0 Å². The van der Waals surface area contributed by atoms with Crippen LogP contribution in [0.5, 0.6) is 0 Å². The molecule has 0 saturated heterocycles. The standard InChI is InChI=1S/C25H13NO/c1-2-12-26-19(8-1)18-13-15-11-10-14-5-3-6-16-17-7-4-9-20-23(17)24(25(18)27-20)22(15)21(14)16/h1-13H. The summed E-state index contributed by atoms with van der Waals surface area (Å²) in [5.74, 6) is 0. The maximum atomic E-state index is 6.43. The van der Waals surface area contributed by atoms with Crippen molar-refractivity contribution in [3.05, 3.63) is 79.0 Å². The molecule has 124 valence electrons. The molecule has 7 rings (SSSR count). The highest BCUT2D eigenvalue weighted by Gasteiger charge is 2.22. The lowest BCUT2D eigenvalue weighted by Crippen LogP contribution is -1.89. The van der Waals surface area contributed by atoms with E-state index in [1.165, 1.54) is 43.1 Å². The Morgan fingerprint density at radius 3 is 2.37 bits per heavy atom. The number of pyridine rings is 1. The minimum atomic E-state index is 0.936. The van der Waals surface area contributed by atoms with Crippen molar-refractivity contribution < 1.29 is 4.42 Å². The Labute approximate surface area is 154 Å². The van der Waals surface area contributed by atoms with Crippen LogP contribution >= 0.6 is 0 Å². The first-order chi connectivity index (χ1) is 13.4. The largest absolute Gasteiger partial charge is 0.455 e. The zero-order chi connectivity index (χ0) is 17.5. The average molecular weight is 343 g/mol. The molecular formula is C25H13NO. The zero-order valence-corrected chi connectivity index (χ0v) is 14.4. The van der Waals surface area contributed by atoms with Crippen molar-refractivity contribution in [1.29, 1.82) is 0 Å². The van der Waals surface area contributed by atoms with Crippen LogP contribution in [-0.2, 0) is 0 Å². The van der Waals surface area contributed by atoms with Crippen LogP contribution in [0.15, 0.2) is 83.4 Å². The third kappa shape index (κ3) is 1.55. The van der Waals surface area contributed by atoms with Crippen LogP contribution in [0.2, 0.25) is 0 Å². The SMILES string of the molecule is c1ccc(-c2cc3ccc4cccc5c6cccc7oc2c(c76)c3c45)nc1. The minimum Gasteiger partial charge on any atom is -0.455 e. The topological polar surface area (TPSA) is 26.0 Å². The molecule has 0 aliphatic carbocycles. The molecule has 27 heavy (non-hydrogen) atoms. The Kier molecular flexibility index (Phi) is 2.28. The van der Waals surface area contributed by atoms with Crippen LogP contribution in [0.1, 0.15) is 0 Å². The van der Waals surface area contributed by atoms with Gasteiger partial charge in [0.25, 0.3) is 0 Å². The molecule has 0 N–H and O–H groups in total. The Hall–Kier alpha value is -3.65. The summed E-state index contributed by atoms with van der Waals surface area (Å²) in [6, 6.07) is 25.6. The van der Waals surface area contributed by atoms with E-state index in [-0.39, 0.29) is 0 Å². The summed E-state index contributed by atoms with van der Waals surface area (Å²) in [5, 5.41) is 10.1. The summed E-state index contributed by atoms with van der Waals surface area (Å²) in [6.07, 6.45) is 1.84. The van der Waals surface area contributed by atoms with Crippen LogP contribution < -0.4 is 0 Å². The summed E-state index contributed by atoms with van der Waals surface area (Å²) in [5.41, 5.74) is 3.88. The van der Waals surface area contributed by atoms with E-state index in [0.29, 0.717) is 0 Å². The Balaban J connectivity index is 1.87. The van der Waals surface area contributed by atoms with E-state index >= 15 is 0 Å². The first kappa shape index (κ1) is 13.5. The third-order valence-electron chi connectivity index (χ3n) is 5.82. The van der Waals surface area contributed by atoms with Gasteiger partial charge in [0.05, 0.1) is 5.69 Å². The van der Waals surface area contributed by atoms with Crippen molar-refractivity contribution in [3.8, 4) is 11.3 Å². The van der Waals surface area contributed by atoms with Crippen molar-refractivity contribution in [2.45, 2.75) is 0 Å². The zero-order valence-electron chi connectivity index (χ0n) is 14.4. The van der Waals surface area contributed by atoms with Gasteiger partial charge in [-0.25, -0.2) is 0 Å². The van der Waals surface area contributed by atoms with Crippen molar-refractivity contribution in [3.63, 3.8) is 0 Å². The third-order valence-corrected chi connectivity index (χ3v) is 5.82. The van der Waals surface area contributed by atoms with Gasteiger partial charge in [-0.3, -0.25) is 4.98 Å². The highest BCUT2D eigenvalue weighted by atomic mass is 16.3. The normalized spacial score (nSPS) is 12.4. The predicted molar refractivity (Wildman–Crippen MR) is 112 cm³/mol. The van der Waals surface area contributed by atoms with Crippen LogP contribution in [-0.4, -0.2) is 4.98 Å². The number of hydrogen-bond donors (Lipinski definition) is 0. The van der Waals surface area contributed by atoms with Crippen LogP contribution in [0, 0.1) is 0 Å². The van der Waals surface area contributed by atoms with E-state index < -0.39 is 0 Å². The molecule has 7 aromatic rings. The number of furan rings is 1. The van der Waals surface area contributed by atoms with Crippen molar-refractivity contribution in [2.24, 2.45) is 0 Å². The maximum absolute atomic E-state index is 6.43. The average Bonchev–Trinajstić information content (AvgIpc) is 3.13.